The topological polar surface area (TPSA) is 79.7 Å². The van der Waals surface area contributed by atoms with Gasteiger partial charge in [-0.1, -0.05) is 23.2 Å². The van der Waals surface area contributed by atoms with Gasteiger partial charge < -0.3 is 9.84 Å². The molecule has 1 aromatic heterocycles. The van der Waals surface area contributed by atoms with E-state index >= 15 is 0 Å². The maximum absolute atomic E-state index is 13.6. The number of nitrogens with zero attached hydrogens (tertiary/aromatic N) is 2. The Morgan fingerprint density at radius 1 is 1.32 bits per heavy atom. The van der Waals surface area contributed by atoms with Gasteiger partial charge in [-0.05, 0) is 24.3 Å². The van der Waals surface area contributed by atoms with Crippen molar-refractivity contribution < 1.29 is 23.8 Å². The van der Waals surface area contributed by atoms with Gasteiger partial charge in [-0.25, -0.2) is 9.37 Å². The summed E-state index contributed by atoms with van der Waals surface area (Å²) < 4.78 is 19.8. The molecule has 6 nitrogen and oxygen atoms in total. The molecule has 0 saturated carbocycles. The first kappa shape index (κ1) is 18.9. The van der Waals surface area contributed by atoms with Crippen molar-refractivity contribution in [3.8, 4) is 5.75 Å². The van der Waals surface area contributed by atoms with Crippen molar-refractivity contribution in [1.29, 1.82) is 0 Å². The van der Waals surface area contributed by atoms with Crippen molar-refractivity contribution in [3.05, 3.63) is 51.2 Å². The maximum Gasteiger partial charge on any atom is 0.307 e. The summed E-state index contributed by atoms with van der Waals surface area (Å²) in [5, 5.41) is 10.5. The summed E-state index contributed by atoms with van der Waals surface area (Å²) in [6.45, 7) is 0.0598. The predicted molar refractivity (Wildman–Crippen MR) is 104 cm³/mol. The second kappa shape index (κ2) is 7.20. The normalized spacial score (nSPS) is 16.2. The van der Waals surface area contributed by atoms with Crippen LogP contribution < -0.4 is 9.64 Å². The van der Waals surface area contributed by atoms with Gasteiger partial charge in [0.05, 0.1) is 28.4 Å². The number of carbonyl (C=O) groups excluding carboxylic acids is 1. The lowest BCUT2D eigenvalue weighted by atomic mass is 10.1. The fourth-order valence-corrected chi connectivity index (χ4v) is 4.64. The number of aliphatic carboxylic acids is 1. The Kier molecular flexibility index (Phi) is 4.86. The molecule has 144 valence electrons. The number of aromatic nitrogens is 1. The maximum atomic E-state index is 13.6. The van der Waals surface area contributed by atoms with E-state index < -0.39 is 30.2 Å². The number of ether oxygens (including phenoxy) is 1. The zero-order valence-electron chi connectivity index (χ0n) is 14.0. The number of hydrogen-bond donors (Lipinski definition) is 1. The molecule has 1 aliphatic rings. The summed E-state index contributed by atoms with van der Waals surface area (Å²) >= 11 is 13.5. The van der Waals surface area contributed by atoms with Gasteiger partial charge in [-0.3, -0.25) is 14.5 Å². The Morgan fingerprint density at radius 3 is 2.86 bits per heavy atom. The molecular formula is C18H11Cl2FN2O4S. The number of thiazole rings is 1. The lowest BCUT2D eigenvalue weighted by molar-refractivity contribution is -0.142. The number of halogens is 3. The highest BCUT2D eigenvalue weighted by Gasteiger charge is 2.36. The molecule has 1 N–H and O–H groups in total. The number of rotatable bonds is 4. The van der Waals surface area contributed by atoms with Crippen LogP contribution in [0.5, 0.6) is 5.75 Å². The quantitative estimate of drug-likeness (QED) is 0.645. The summed E-state index contributed by atoms with van der Waals surface area (Å²) in [6, 6.07) is 7.04. The first-order valence-electron chi connectivity index (χ1n) is 8.05. The van der Waals surface area contributed by atoms with Gasteiger partial charge in [0.2, 0.25) is 0 Å². The highest BCUT2D eigenvalue weighted by molar-refractivity contribution is 7.18. The summed E-state index contributed by atoms with van der Waals surface area (Å²) in [4.78, 5) is 29.7. The number of carbonyl (C=O) groups is 2. The monoisotopic (exact) mass is 440 g/mol. The molecule has 0 saturated heterocycles. The number of fused-ring (bicyclic) bond motifs is 2. The van der Waals surface area contributed by atoms with E-state index in [1.807, 2.05) is 0 Å². The standard InChI is InChI=1S/C18H11Cl2FN2O4S/c19-8-3-10(20)17-14(4-8)28-15(22-17)7-23-11-2-1-9(21)5-12(11)27-13(18(23)26)6-16(24)25/h1-5,13H,6-7H2,(H,24,25). The van der Waals surface area contributed by atoms with Crippen LogP contribution in [-0.2, 0) is 16.1 Å². The minimum absolute atomic E-state index is 0.0598. The van der Waals surface area contributed by atoms with Gasteiger partial charge in [0.25, 0.3) is 5.91 Å². The predicted octanol–water partition coefficient (Wildman–Crippen LogP) is 4.51. The molecule has 10 heteroatoms. The third-order valence-corrected chi connectivity index (χ3v) is 5.63. The molecule has 4 rings (SSSR count). The van der Waals surface area contributed by atoms with Crippen molar-refractivity contribution in [2.24, 2.45) is 0 Å². The zero-order chi connectivity index (χ0) is 20.0. The van der Waals surface area contributed by atoms with Gasteiger partial charge in [-0.2, -0.15) is 0 Å². The number of benzene rings is 2. The highest BCUT2D eigenvalue weighted by Crippen LogP contribution is 2.38. The molecule has 28 heavy (non-hydrogen) atoms. The lowest BCUT2D eigenvalue weighted by Crippen LogP contribution is -2.46. The number of hydrogen-bond acceptors (Lipinski definition) is 5. The molecule has 1 amide bonds. The largest absolute Gasteiger partial charge is 0.481 e. The van der Waals surface area contributed by atoms with E-state index in [0.29, 0.717) is 26.3 Å². The molecule has 0 spiro atoms. The van der Waals surface area contributed by atoms with Gasteiger partial charge in [-0.15, -0.1) is 11.3 Å². The van der Waals surface area contributed by atoms with Crippen molar-refractivity contribution in [3.63, 3.8) is 0 Å². The molecule has 1 unspecified atom stereocenters. The molecule has 2 aromatic carbocycles. The average molecular weight is 441 g/mol. The third-order valence-electron chi connectivity index (χ3n) is 4.13. The van der Waals surface area contributed by atoms with Gasteiger partial charge in [0.15, 0.2) is 6.10 Å². The first-order chi connectivity index (χ1) is 13.3. The number of carboxylic acids is 1. The minimum Gasteiger partial charge on any atom is -0.481 e. The molecule has 1 atom stereocenters. The van der Waals surface area contributed by atoms with Crippen LogP contribution in [0, 0.1) is 5.82 Å². The van der Waals surface area contributed by atoms with Crippen LogP contribution >= 0.6 is 34.5 Å². The SMILES string of the molecule is O=C(O)CC1Oc2cc(F)ccc2N(Cc2nc3c(Cl)cc(Cl)cc3s2)C1=O. The Hall–Kier alpha value is -2.42. The molecule has 0 aliphatic carbocycles. The molecule has 0 radical (unpaired) electrons. The highest BCUT2D eigenvalue weighted by atomic mass is 35.5. The Bertz CT molecular complexity index is 1120. The van der Waals surface area contributed by atoms with Crippen LogP contribution in [-0.4, -0.2) is 28.1 Å². The molecule has 1 aliphatic heterocycles. The number of amides is 1. The van der Waals surface area contributed by atoms with E-state index in [1.165, 1.54) is 28.4 Å². The van der Waals surface area contributed by atoms with E-state index in [-0.39, 0.29) is 12.3 Å². The Balaban J connectivity index is 1.74. The molecule has 0 bridgehead atoms. The second-order valence-corrected chi connectivity index (χ2v) is 8.04. The van der Waals surface area contributed by atoms with Crippen LogP contribution in [0.2, 0.25) is 10.0 Å². The smallest absolute Gasteiger partial charge is 0.307 e. The van der Waals surface area contributed by atoms with Crippen LogP contribution in [0.15, 0.2) is 30.3 Å². The zero-order valence-corrected chi connectivity index (χ0v) is 16.3. The fraction of sp³-hybridized carbons (Fsp3) is 0.167. The summed E-state index contributed by atoms with van der Waals surface area (Å²) in [7, 11) is 0. The minimum atomic E-state index is -1.25. The van der Waals surface area contributed by atoms with Crippen LogP contribution in [0.4, 0.5) is 10.1 Å². The molecular weight excluding hydrogens is 430 g/mol. The average Bonchev–Trinajstić information content (AvgIpc) is 3.01. The van der Waals surface area contributed by atoms with Gasteiger partial charge in [0, 0.05) is 11.1 Å². The van der Waals surface area contributed by atoms with Crippen molar-refractivity contribution in [2.45, 2.75) is 19.1 Å². The Labute approximate surface area is 172 Å². The second-order valence-electron chi connectivity index (χ2n) is 6.08. The number of carboxylic acid groups (broad SMARTS) is 1. The van der Waals surface area contributed by atoms with E-state index in [4.69, 9.17) is 33.0 Å². The molecule has 0 fully saturated rings. The molecule has 3 aromatic rings. The number of anilines is 1. The van der Waals surface area contributed by atoms with Gasteiger partial charge >= 0.3 is 5.97 Å². The van der Waals surface area contributed by atoms with Crippen LogP contribution in [0.3, 0.4) is 0 Å². The third kappa shape index (κ3) is 3.50. The summed E-state index contributed by atoms with van der Waals surface area (Å²) in [6.07, 6.45) is -1.79. The van der Waals surface area contributed by atoms with Crippen LogP contribution in [0.25, 0.3) is 10.2 Å². The molecule has 2 heterocycles. The Morgan fingerprint density at radius 2 is 2.11 bits per heavy atom. The summed E-state index contributed by atoms with van der Waals surface area (Å²) in [5.41, 5.74) is 0.907. The van der Waals surface area contributed by atoms with Crippen molar-refractivity contribution >= 4 is 62.3 Å². The summed E-state index contributed by atoms with van der Waals surface area (Å²) in [5.74, 6) is -2.18. The van der Waals surface area contributed by atoms with Crippen LogP contribution in [0.1, 0.15) is 11.4 Å². The van der Waals surface area contributed by atoms with E-state index in [9.17, 15) is 14.0 Å². The fourth-order valence-electron chi connectivity index (χ4n) is 2.96. The van der Waals surface area contributed by atoms with Crippen molar-refractivity contribution in [1.82, 2.24) is 4.98 Å². The van der Waals surface area contributed by atoms with E-state index in [0.717, 1.165) is 10.8 Å². The first-order valence-corrected chi connectivity index (χ1v) is 9.63. The van der Waals surface area contributed by atoms with E-state index in [2.05, 4.69) is 4.98 Å². The van der Waals surface area contributed by atoms with Crippen molar-refractivity contribution in [2.75, 3.05) is 4.90 Å². The van der Waals surface area contributed by atoms with E-state index in [1.54, 1.807) is 12.1 Å². The van der Waals surface area contributed by atoms with Gasteiger partial charge in [0.1, 0.15) is 22.1 Å². The lowest BCUT2D eigenvalue weighted by Gasteiger charge is -2.33.